The first-order valence-electron chi connectivity index (χ1n) is 10.6. The maximum atomic E-state index is 12.3. The van der Waals surface area contributed by atoms with Crippen LogP contribution in [0.25, 0.3) is 11.4 Å². The Bertz CT molecular complexity index is 1090. The molecule has 1 amide bonds. The summed E-state index contributed by atoms with van der Waals surface area (Å²) in [7, 11) is 0. The van der Waals surface area contributed by atoms with Crippen LogP contribution >= 0.6 is 23.4 Å². The Kier molecular flexibility index (Phi) is 7.44. The summed E-state index contributed by atoms with van der Waals surface area (Å²) in [6.07, 6.45) is 7.27. The van der Waals surface area contributed by atoms with Gasteiger partial charge in [0.25, 0.3) is 11.7 Å². The summed E-state index contributed by atoms with van der Waals surface area (Å²) in [5.41, 5.74) is 4.16. The molecule has 0 unspecified atom stereocenters. The third-order valence-corrected chi connectivity index (χ3v) is 6.56. The van der Waals surface area contributed by atoms with Gasteiger partial charge in [-0.1, -0.05) is 42.3 Å². The van der Waals surface area contributed by atoms with E-state index in [9.17, 15) is 9.90 Å². The fourth-order valence-corrected chi connectivity index (χ4v) is 4.77. The van der Waals surface area contributed by atoms with Crippen LogP contribution in [-0.4, -0.2) is 28.1 Å². The number of aromatic amines is 1. The highest BCUT2D eigenvalue weighted by atomic mass is 35.5. The van der Waals surface area contributed by atoms with E-state index in [1.54, 1.807) is 12.1 Å². The number of nitrogens with one attached hydrogen (secondary N) is 2. The smallest absolute Gasteiger partial charge is 0.337 e. The van der Waals surface area contributed by atoms with Gasteiger partial charge in [-0.15, -0.1) is 10.8 Å². The van der Waals surface area contributed by atoms with E-state index >= 15 is 0 Å². The van der Waals surface area contributed by atoms with Crippen molar-refractivity contribution in [3.05, 3.63) is 59.1 Å². The van der Waals surface area contributed by atoms with Gasteiger partial charge in [-0.2, -0.15) is 5.10 Å². The summed E-state index contributed by atoms with van der Waals surface area (Å²) in [5, 5.41) is 24.4. The molecular weight excluding hydrogens is 446 g/mol. The highest BCUT2D eigenvalue weighted by Crippen LogP contribution is 2.29. The first kappa shape index (κ1) is 22.4. The summed E-state index contributed by atoms with van der Waals surface area (Å²) in [6, 6.07) is 14.4. The minimum absolute atomic E-state index is 0.0990. The van der Waals surface area contributed by atoms with Crippen LogP contribution in [-0.2, 0) is 4.79 Å². The summed E-state index contributed by atoms with van der Waals surface area (Å²) in [5.74, 6) is 0.761. The number of nitrogens with zero attached hydrogens (tertiary/aromatic N) is 3. The van der Waals surface area contributed by atoms with Crippen molar-refractivity contribution in [1.82, 2.24) is 15.6 Å². The van der Waals surface area contributed by atoms with Gasteiger partial charge < -0.3 is 5.11 Å². The number of thioether (sulfide) groups is 1. The van der Waals surface area contributed by atoms with Crippen LogP contribution in [0.4, 0.5) is 0 Å². The predicted octanol–water partition coefficient (Wildman–Crippen LogP) is 3.84. The number of carbonyl (C=O) groups excluding carboxylic acids is 1. The lowest BCUT2D eigenvalue weighted by atomic mass is 9.95. The average Bonchev–Trinajstić information content (AvgIpc) is 3.23. The summed E-state index contributed by atoms with van der Waals surface area (Å²) < 4.78 is 2.23. The Balaban J connectivity index is 1.45. The zero-order valence-electron chi connectivity index (χ0n) is 17.5. The van der Waals surface area contributed by atoms with Crippen LogP contribution in [0, 0.1) is 0 Å². The van der Waals surface area contributed by atoms with E-state index in [1.807, 2.05) is 24.3 Å². The van der Waals surface area contributed by atoms with Crippen molar-refractivity contribution in [2.24, 2.45) is 5.10 Å². The van der Waals surface area contributed by atoms with E-state index < -0.39 is 0 Å². The Morgan fingerprint density at radius 1 is 1.25 bits per heavy atom. The van der Waals surface area contributed by atoms with Crippen LogP contribution < -0.4 is 15.1 Å². The molecule has 9 heteroatoms. The fourth-order valence-electron chi connectivity index (χ4n) is 3.83. The van der Waals surface area contributed by atoms with Gasteiger partial charge in [0.2, 0.25) is 0 Å². The zero-order valence-corrected chi connectivity index (χ0v) is 19.0. The minimum atomic E-state index is -0.240. The SMILES string of the molecule is O=C(CSc1n[nH]c(-c2ccc(Cl)cc2)[n+]1C1CCCCC1)N/N=C/c1cccc([O-])c1. The molecule has 0 spiro atoms. The molecule has 7 nitrogen and oxygen atoms in total. The number of aromatic nitrogens is 3. The fraction of sp³-hybridized carbons (Fsp3) is 0.304. The van der Waals surface area contributed by atoms with Gasteiger partial charge in [0, 0.05) is 5.02 Å². The molecule has 1 aromatic heterocycles. The van der Waals surface area contributed by atoms with Gasteiger partial charge in [0.05, 0.1) is 28.7 Å². The Morgan fingerprint density at radius 2 is 2.03 bits per heavy atom. The maximum absolute atomic E-state index is 12.3. The van der Waals surface area contributed by atoms with Crippen LogP contribution in [0.5, 0.6) is 5.75 Å². The summed E-state index contributed by atoms with van der Waals surface area (Å²) in [4.78, 5) is 12.3. The number of hydrogen-bond acceptors (Lipinski definition) is 5. The molecule has 1 heterocycles. The molecule has 0 radical (unpaired) electrons. The van der Waals surface area contributed by atoms with Gasteiger partial charge >= 0.3 is 5.16 Å². The number of hydrazone groups is 1. The quantitative estimate of drug-likeness (QED) is 0.238. The van der Waals surface area contributed by atoms with Gasteiger partial charge in [-0.3, -0.25) is 4.79 Å². The van der Waals surface area contributed by atoms with Crippen molar-refractivity contribution in [2.75, 3.05) is 5.75 Å². The molecule has 166 valence electrons. The first-order valence-corrected chi connectivity index (χ1v) is 11.9. The molecule has 4 rings (SSSR count). The lowest BCUT2D eigenvalue weighted by molar-refractivity contribution is -0.749. The number of H-pyrrole nitrogens is 1. The highest BCUT2D eigenvalue weighted by molar-refractivity contribution is 7.99. The first-order chi connectivity index (χ1) is 15.6. The predicted molar refractivity (Wildman–Crippen MR) is 124 cm³/mol. The molecule has 3 aromatic rings. The standard InChI is InChI=1S/C23H24ClN5O2S/c24-18-11-9-17(10-12-18)22-27-28-23(29(22)19-6-2-1-3-7-19)32-15-21(31)26-25-14-16-5-4-8-20(30)13-16/h4-5,8-14,19H,1-3,6-7,15H2,(H2,26,30,31)/b25-14+. The number of amides is 1. The molecule has 0 saturated heterocycles. The van der Waals surface area contributed by atoms with E-state index in [2.05, 4.69) is 25.3 Å². The number of rotatable bonds is 7. The van der Waals surface area contributed by atoms with Crippen LogP contribution in [0.3, 0.4) is 0 Å². The highest BCUT2D eigenvalue weighted by Gasteiger charge is 2.30. The van der Waals surface area contributed by atoms with Gasteiger partial charge in [0.15, 0.2) is 0 Å². The lowest BCUT2D eigenvalue weighted by Gasteiger charge is -2.21. The van der Waals surface area contributed by atoms with Crippen molar-refractivity contribution in [3.63, 3.8) is 0 Å². The second-order valence-electron chi connectivity index (χ2n) is 7.68. The molecule has 2 aromatic carbocycles. The van der Waals surface area contributed by atoms with Crippen LogP contribution in [0.15, 0.2) is 58.8 Å². The van der Waals surface area contributed by atoms with Crippen molar-refractivity contribution in [3.8, 4) is 17.1 Å². The van der Waals surface area contributed by atoms with Crippen LogP contribution in [0.2, 0.25) is 5.02 Å². The molecule has 2 N–H and O–H groups in total. The van der Waals surface area contributed by atoms with E-state index in [0.717, 1.165) is 29.4 Å². The Morgan fingerprint density at radius 3 is 2.78 bits per heavy atom. The molecule has 1 saturated carbocycles. The average molecular weight is 470 g/mol. The van der Waals surface area contributed by atoms with E-state index in [0.29, 0.717) is 16.6 Å². The van der Waals surface area contributed by atoms with Gasteiger partial charge in [-0.05, 0) is 67.3 Å². The van der Waals surface area contributed by atoms with Crippen molar-refractivity contribution >= 4 is 35.5 Å². The Labute approximate surface area is 195 Å². The molecule has 0 bridgehead atoms. The zero-order chi connectivity index (χ0) is 22.3. The minimum Gasteiger partial charge on any atom is -0.872 e. The lowest BCUT2D eigenvalue weighted by Crippen LogP contribution is -2.43. The number of hydrogen-bond donors (Lipinski definition) is 2. The largest absolute Gasteiger partial charge is 0.872 e. The molecule has 0 aliphatic heterocycles. The molecule has 1 aliphatic carbocycles. The van der Waals surface area contributed by atoms with Crippen LogP contribution in [0.1, 0.15) is 43.7 Å². The number of halogens is 1. The topological polar surface area (TPSA) is 97.1 Å². The van der Waals surface area contributed by atoms with E-state index in [-0.39, 0.29) is 17.4 Å². The number of benzene rings is 2. The normalized spacial score (nSPS) is 14.7. The monoisotopic (exact) mass is 469 g/mol. The second-order valence-corrected chi connectivity index (χ2v) is 9.06. The Hall–Kier alpha value is -2.84. The van der Waals surface area contributed by atoms with Gasteiger partial charge in [0.1, 0.15) is 0 Å². The molecular formula is C23H24ClN5O2S. The summed E-state index contributed by atoms with van der Waals surface area (Å²) in [6.45, 7) is 0. The molecule has 32 heavy (non-hydrogen) atoms. The number of carbonyl (C=O) groups is 1. The molecule has 1 aliphatic rings. The van der Waals surface area contributed by atoms with E-state index in [4.69, 9.17) is 11.6 Å². The maximum Gasteiger partial charge on any atom is 0.337 e. The van der Waals surface area contributed by atoms with E-state index in [1.165, 1.54) is 49.4 Å². The third-order valence-electron chi connectivity index (χ3n) is 5.36. The van der Waals surface area contributed by atoms with Gasteiger partial charge in [-0.25, -0.2) is 9.99 Å². The molecule has 1 fully saturated rings. The third kappa shape index (κ3) is 5.69. The summed E-state index contributed by atoms with van der Waals surface area (Å²) >= 11 is 7.43. The van der Waals surface area contributed by atoms with Crippen molar-refractivity contribution in [1.29, 1.82) is 0 Å². The second kappa shape index (κ2) is 10.7. The van der Waals surface area contributed by atoms with Crippen molar-refractivity contribution < 1.29 is 14.5 Å². The molecule has 0 atom stereocenters. The van der Waals surface area contributed by atoms with Crippen molar-refractivity contribution in [2.45, 2.75) is 43.3 Å².